The fraction of sp³-hybridized carbons (Fsp3) is 0.417. The summed E-state index contributed by atoms with van der Waals surface area (Å²) in [6, 6.07) is 5.24. The van der Waals surface area contributed by atoms with Crippen LogP contribution >= 0.6 is 38.5 Å². The summed E-state index contributed by atoms with van der Waals surface area (Å²) in [5.74, 6) is -0.172. The van der Waals surface area contributed by atoms with E-state index >= 15 is 0 Å². The van der Waals surface area contributed by atoms with Crippen LogP contribution in [0.3, 0.4) is 0 Å². The average Bonchev–Trinajstić information content (AvgIpc) is 2.34. The predicted octanol–water partition coefficient (Wildman–Crippen LogP) is 2.75. The van der Waals surface area contributed by atoms with Gasteiger partial charge in [-0.05, 0) is 69.6 Å². The molecule has 0 bridgehead atoms. The quantitative estimate of drug-likeness (QED) is 0.543. The van der Waals surface area contributed by atoms with Crippen LogP contribution in [0, 0.1) is 3.57 Å². The fourth-order valence-corrected chi connectivity index (χ4v) is 2.23. The van der Waals surface area contributed by atoms with E-state index < -0.39 is 6.04 Å². The summed E-state index contributed by atoms with van der Waals surface area (Å²) >= 11 is 5.59. The number of ether oxygens (including phenoxy) is 1. The van der Waals surface area contributed by atoms with Crippen LogP contribution in [0.1, 0.15) is 12.8 Å². The van der Waals surface area contributed by atoms with Gasteiger partial charge in [-0.1, -0.05) is 0 Å². The highest BCUT2D eigenvalue weighted by molar-refractivity contribution is 14.1. The van der Waals surface area contributed by atoms with Crippen molar-refractivity contribution in [3.05, 3.63) is 26.2 Å². The molecule has 1 aromatic carbocycles. The molecule has 6 heteroatoms. The number of anilines is 1. The van der Waals surface area contributed by atoms with Crippen LogP contribution in [0.4, 0.5) is 5.69 Å². The Labute approximate surface area is 129 Å². The number of nitrogens with one attached hydrogen (secondary N) is 1. The molecular formula is C12H16BrIN2O2. The Bertz CT molecular complexity index is 415. The van der Waals surface area contributed by atoms with Crippen LogP contribution in [0.2, 0.25) is 0 Å². The lowest BCUT2D eigenvalue weighted by Crippen LogP contribution is -2.35. The third-order valence-corrected chi connectivity index (χ3v) is 3.75. The maximum absolute atomic E-state index is 11.9. The zero-order valence-electron chi connectivity index (χ0n) is 10.1. The van der Waals surface area contributed by atoms with Gasteiger partial charge < -0.3 is 15.8 Å². The van der Waals surface area contributed by atoms with Crippen LogP contribution in [-0.4, -0.2) is 25.7 Å². The summed E-state index contributed by atoms with van der Waals surface area (Å²) in [6.07, 6.45) is 1.39. The van der Waals surface area contributed by atoms with Crippen LogP contribution in [-0.2, 0) is 9.53 Å². The number of methoxy groups -OCH3 is 1. The summed E-state index contributed by atoms with van der Waals surface area (Å²) in [4.78, 5) is 11.9. The van der Waals surface area contributed by atoms with Gasteiger partial charge in [-0.25, -0.2) is 0 Å². The van der Waals surface area contributed by atoms with Gasteiger partial charge in [0.15, 0.2) is 0 Å². The molecule has 1 rings (SSSR count). The van der Waals surface area contributed by atoms with Gasteiger partial charge in [-0.15, -0.1) is 0 Å². The molecule has 0 aromatic heterocycles. The van der Waals surface area contributed by atoms with Gasteiger partial charge in [-0.2, -0.15) is 0 Å². The Morgan fingerprint density at radius 3 is 3.00 bits per heavy atom. The molecular weight excluding hydrogens is 411 g/mol. The fourth-order valence-electron chi connectivity index (χ4n) is 1.40. The molecule has 3 N–H and O–H groups in total. The van der Waals surface area contributed by atoms with Crippen molar-refractivity contribution >= 4 is 50.1 Å². The van der Waals surface area contributed by atoms with Crippen LogP contribution in [0.25, 0.3) is 0 Å². The third-order valence-electron chi connectivity index (χ3n) is 2.39. The Kier molecular flexibility index (Phi) is 7.13. The number of amides is 1. The Hall–Kier alpha value is -0.180. The van der Waals surface area contributed by atoms with Crippen molar-refractivity contribution < 1.29 is 9.53 Å². The molecule has 1 amide bonds. The Balaban J connectivity index is 2.55. The molecule has 4 nitrogen and oxygen atoms in total. The van der Waals surface area contributed by atoms with Gasteiger partial charge in [0.1, 0.15) is 0 Å². The predicted molar refractivity (Wildman–Crippen MR) is 84.6 cm³/mol. The van der Waals surface area contributed by atoms with E-state index in [1.54, 1.807) is 7.11 Å². The highest BCUT2D eigenvalue weighted by Gasteiger charge is 2.14. The van der Waals surface area contributed by atoms with E-state index in [9.17, 15) is 4.79 Å². The first-order valence-electron chi connectivity index (χ1n) is 5.55. The molecule has 0 heterocycles. The van der Waals surface area contributed by atoms with E-state index in [-0.39, 0.29) is 5.91 Å². The van der Waals surface area contributed by atoms with Crippen LogP contribution in [0.5, 0.6) is 0 Å². The van der Waals surface area contributed by atoms with Gasteiger partial charge >= 0.3 is 0 Å². The first kappa shape index (κ1) is 15.9. The summed E-state index contributed by atoms with van der Waals surface area (Å²) in [5.41, 5.74) is 6.55. The molecule has 0 fully saturated rings. The van der Waals surface area contributed by atoms with E-state index in [1.165, 1.54) is 0 Å². The summed E-state index contributed by atoms with van der Waals surface area (Å²) < 4.78 is 6.83. The van der Waals surface area contributed by atoms with Gasteiger partial charge in [0.2, 0.25) is 5.91 Å². The Morgan fingerprint density at radius 2 is 2.33 bits per heavy atom. The van der Waals surface area contributed by atoms with Crippen molar-refractivity contribution in [3.63, 3.8) is 0 Å². The highest BCUT2D eigenvalue weighted by atomic mass is 127. The largest absolute Gasteiger partial charge is 0.385 e. The SMILES string of the molecule is COCCCC(N)C(=O)Nc1cc(I)ccc1Br. The zero-order valence-corrected chi connectivity index (χ0v) is 13.8. The standard InChI is InChI=1S/C12H16BrIN2O2/c1-18-6-2-3-10(15)12(17)16-11-7-8(14)4-5-9(11)13/h4-5,7,10H,2-3,6,15H2,1H3,(H,16,17). The van der Waals surface area contributed by atoms with Gasteiger partial charge in [0.25, 0.3) is 0 Å². The lowest BCUT2D eigenvalue weighted by molar-refractivity contribution is -0.117. The van der Waals surface area contributed by atoms with E-state index in [0.717, 1.165) is 20.2 Å². The lowest BCUT2D eigenvalue weighted by atomic mass is 10.1. The Morgan fingerprint density at radius 1 is 1.61 bits per heavy atom. The first-order chi connectivity index (χ1) is 8.54. The topological polar surface area (TPSA) is 64.3 Å². The van der Waals surface area contributed by atoms with Crippen LogP contribution in [0.15, 0.2) is 22.7 Å². The van der Waals surface area contributed by atoms with E-state index in [4.69, 9.17) is 10.5 Å². The number of carbonyl (C=O) groups is 1. The van der Waals surface area contributed by atoms with Crippen molar-refractivity contribution in [2.45, 2.75) is 18.9 Å². The number of carbonyl (C=O) groups excluding carboxylic acids is 1. The maximum Gasteiger partial charge on any atom is 0.241 e. The molecule has 0 aliphatic heterocycles. The van der Waals surface area contributed by atoms with Crippen molar-refractivity contribution in [3.8, 4) is 0 Å². The minimum absolute atomic E-state index is 0.172. The molecule has 0 saturated carbocycles. The number of nitrogens with two attached hydrogens (primary N) is 1. The monoisotopic (exact) mass is 426 g/mol. The second-order valence-electron chi connectivity index (χ2n) is 3.85. The van der Waals surface area contributed by atoms with Crippen molar-refractivity contribution in [2.75, 3.05) is 19.0 Å². The average molecular weight is 427 g/mol. The minimum atomic E-state index is -0.509. The molecule has 1 unspecified atom stereocenters. The first-order valence-corrected chi connectivity index (χ1v) is 7.42. The van der Waals surface area contributed by atoms with Crippen LogP contribution < -0.4 is 11.1 Å². The molecule has 0 radical (unpaired) electrons. The van der Waals surface area contributed by atoms with Gasteiger partial charge in [0, 0.05) is 21.8 Å². The maximum atomic E-state index is 11.9. The molecule has 0 aliphatic rings. The smallest absolute Gasteiger partial charge is 0.241 e. The molecule has 0 saturated heterocycles. The minimum Gasteiger partial charge on any atom is -0.385 e. The normalized spacial score (nSPS) is 12.2. The summed E-state index contributed by atoms with van der Waals surface area (Å²) in [7, 11) is 1.63. The zero-order chi connectivity index (χ0) is 13.5. The van der Waals surface area contributed by atoms with E-state index in [2.05, 4.69) is 43.8 Å². The number of rotatable bonds is 6. The van der Waals surface area contributed by atoms with E-state index in [0.29, 0.717) is 13.0 Å². The van der Waals surface area contributed by atoms with Crippen molar-refractivity contribution in [1.29, 1.82) is 0 Å². The molecule has 100 valence electrons. The molecule has 1 atom stereocenters. The highest BCUT2D eigenvalue weighted by Crippen LogP contribution is 2.24. The number of halogens is 2. The molecule has 0 aliphatic carbocycles. The van der Waals surface area contributed by atoms with Gasteiger partial charge in [-0.3, -0.25) is 4.79 Å². The molecule has 18 heavy (non-hydrogen) atoms. The number of hydrogen-bond donors (Lipinski definition) is 2. The van der Waals surface area contributed by atoms with Gasteiger partial charge in [0.05, 0.1) is 11.7 Å². The van der Waals surface area contributed by atoms with E-state index in [1.807, 2.05) is 18.2 Å². The second kappa shape index (κ2) is 8.08. The number of hydrogen-bond acceptors (Lipinski definition) is 3. The second-order valence-corrected chi connectivity index (χ2v) is 5.95. The van der Waals surface area contributed by atoms with Crippen molar-refractivity contribution in [1.82, 2.24) is 0 Å². The summed E-state index contributed by atoms with van der Waals surface area (Å²) in [6.45, 7) is 0.619. The van der Waals surface area contributed by atoms with Crippen molar-refractivity contribution in [2.24, 2.45) is 5.73 Å². The third kappa shape index (κ3) is 5.21. The summed E-state index contributed by atoms with van der Waals surface area (Å²) in [5, 5.41) is 2.82. The number of benzene rings is 1. The molecule has 0 spiro atoms. The molecule has 1 aromatic rings. The lowest BCUT2D eigenvalue weighted by Gasteiger charge is -2.13.